The summed E-state index contributed by atoms with van der Waals surface area (Å²) in [5.74, 6) is 1.57. The van der Waals surface area contributed by atoms with Crippen LogP contribution in [0.5, 0.6) is 0 Å². The molecule has 4 heteroatoms. The summed E-state index contributed by atoms with van der Waals surface area (Å²) in [5.41, 5.74) is 4.43. The Hall–Kier alpha value is -2.88. The zero-order valence-corrected chi connectivity index (χ0v) is 15.0. The van der Waals surface area contributed by atoms with Gasteiger partial charge < -0.3 is 10.2 Å². The molecule has 0 atom stereocenters. The molecule has 1 aromatic heterocycles. The summed E-state index contributed by atoms with van der Waals surface area (Å²) in [6, 6.07) is 20.7. The van der Waals surface area contributed by atoms with Crippen LogP contribution in [0.2, 0.25) is 0 Å². The maximum absolute atomic E-state index is 4.73. The van der Waals surface area contributed by atoms with Gasteiger partial charge in [0.15, 0.2) is 0 Å². The minimum Gasteiger partial charge on any atom is -0.352 e. The summed E-state index contributed by atoms with van der Waals surface area (Å²) in [4.78, 5) is 11.5. The van der Waals surface area contributed by atoms with E-state index in [4.69, 9.17) is 4.98 Å². The monoisotopic (exact) mass is 332 g/mol. The summed E-state index contributed by atoms with van der Waals surface area (Å²) in [6.45, 7) is 7.94. The van der Waals surface area contributed by atoms with Crippen molar-refractivity contribution in [1.29, 1.82) is 0 Å². The van der Waals surface area contributed by atoms with Gasteiger partial charge in [-0.1, -0.05) is 42.5 Å². The molecule has 0 fully saturated rings. The third-order valence-electron chi connectivity index (χ3n) is 4.04. The topological polar surface area (TPSA) is 41.1 Å². The second-order valence-electron chi connectivity index (χ2n) is 6.19. The largest absolute Gasteiger partial charge is 0.352 e. The van der Waals surface area contributed by atoms with E-state index in [2.05, 4.69) is 65.4 Å². The molecule has 0 saturated carbocycles. The Morgan fingerprint density at radius 3 is 2.44 bits per heavy atom. The second kappa shape index (κ2) is 7.79. The maximum Gasteiger partial charge on any atom is 0.229 e. The minimum atomic E-state index is 0.632. The summed E-state index contributed by atoms with van der Waals surface area (Å²) in [6.07, 6.45) is 0. The zero-order valence-electron chi connectivity index (χ0n) is 15.0. The van der Waals surface area contributed by atoms with Crippen molar-refractivity contribution in [3.8, 4) is 0 Å². The van der Waals surface area contributed by atoms with Crippen molar-refractivity contribution in [2.24, 2.45) is 0 Å². The van der Waals surface area contributed by atoms with Crippen LogP contribution in [-0.4, -0.2) is 16.5 Å². The highest BCUT2D eigenvalue weighted by molar-refractivity contribution is 5.56. The minimum absolute atomic E-state index is 0.632. The molecular formula is C21H24N4. The standard InChI is InChI=1S/C21H24N4/c1-4-25(15-18-10-6-5-7-11-18)20-14-17(3)22-21(24-20)23-19-12-8-9-16(2)13-19/h5-14H,4,15H2,1-3H3,(H,22,23,24). The molecule has 4 nitrogen and oxygen atoms in total. The van der Waals surface area contributed by atoms with E-state index in [1.807, 2.05) is 31.2 Å². The van der Waals surface area contributed by atoms with Crippen molar-refractivity contribution >= 4 is 17.5 Å². The molecule has 1 N–H and O–H groups in total. The van der Waals surface area contributed by atoms with Crippen molar-refractivity contribution in [1.82, 2.24) is 9.97 Å². The fourth-order valence-corrected chi connectivity index (χ4v) is 2.78. The predicted octanol–water partition coefficient (Wildman–Crippen LogP) is 4.86. The van der Waals surface area contributed by atoms with Gasteiger partial charge in [-0.05, 0) is 44.0 Å². The van der Waals surface area contributed by atoms with Gasteiger partial charge in [0.05, 0.1) is 0 Å². The van der Waals surface area contributed by atoms with Crippen LogP contribution >= 0.6 is 0 Å². The molecule has 0 saturated heterocycles. The summed E-state index contributed by atoms with van der Waals surface area (Å²) in [5, 5.41) is 3.32. The summed E-state index contributed by atoms with van der Waals surface area (Å²) in [7, 11) is 0. The van der Waals surface area contributed by atoms with Gasteiger partial charge in [-0.2, -0.15) is 4.98 Å². The number of nitrogens with one attached hydrogen (secondary N) is 1. The fourth-order valence-electron chi connectivity index (χ4n) is 2.78. The third kappa shape index (κ3) is 4.57. The first kappa shape index (κ1) is 17.0. The molecule has 0 bridgehead atoms. The summed E-state index contributed by atoms with van der Waals surface area (Å²) < 4.78 is 0. The molecule has 0 aliphatic heterocycles. The molecule has 3 rings (SSSR count). The number of benzene rings is 2. The Labute approximate surface area is 149 Å². The molecule has 0 spiro atoms. The van der Waals surface area contributed by atoms with Crippen molar-refractivity contribution < 1.29 is 0 Å². The molecule has 0 aliphatic rings. The first-order valence-corrected chi connectivity index (χ1v) is 8.62. The zero-order chi connectivity index (χ0) is 17.6. The van der Waals surface area contributed by atoms with E-state index in [1.54, 1.807) is 0 Å². The Morgan fingerprint density at radius 1 is 0.920 bits per heavy atom. The SMILES string of the molecule is CCN(Cc1ccccc1)c1cc(C)nc(Nc2cccc(C)c2)n1. The Morgan fingerprint density at radius 2 is 1.72 bits per heavy atom. The van der Waals surface area contributed by atoms with Crippen molar-refractivity contribution in [3.63, 3.8) is 0 Å². The first-order chi connectivity index (χ1) is 12.1. The van der Waals surface area contributed by atoms with Crippen LogP contribution in [0.25, 0.3) is 0 Å². The van der Waals surface area contributed by atoms with E-state index in [9.17, 15) is 0 Å². The van der Waals surface area contributed by atoms with E-state index >= 15 is 0 Å². The van der Waals surface area contributed by atoms with Gasteiger partial charge in [0.2, 0.25) is 5.95 Å². The Kier molecular flexibility index (Phi) is 5.29. The average Bonchev–Trinajstić information content (AvgIpc) is 2.60. The van der Waals surface area contributed by atoms with E-state index in [0.717, 1.165) is 30.3 Å². The van der Waals surface area contributed by atoms with Crippen LogP contribution in [0.15, 0.2) is 60.7 Å². The quantitative estimate of drug-likeness (QED) is 0.699. The van der Waals surface area contributed by atoms with Gasteiger partial charge in [0.25, 0.3) is 0 Å². The second-order valence-corrected chi connectivity index (χ2v) is 6.19. The lowest BCUT2D eigenvalue weighted by Crippen LogP contribution is -2.23. The van der Waals surface area contributed by atoms with E-state index in [1.165, 1.54) is 11.1 Å². The molecule has 0 radical (unpaired) electrons. The number of aromatic nitrogens is 2. The van der Waals surface area contributed by atoms with Gasteiger partial charge >= 0.3 is 0 Å². The number of nitrogens with zero attached hydrogens (tertiary/aromatic N) is 3. The lowest BCUT2D eigenvalue weighted by molar-refractivity contribution is 0.809. The van der Waals surface area contributed by atoms with Crippen molar-refractivity contribution in [2.75, 3.05) is 16.8 Å². The number of anilines is 3. The number of aryl methyl sites for hydroxylation is 2. The normalized spacial score (nSPS) is 10.5. The molecule has 0 aliphatic carbocycles. The predicted molar refractivity (Wildman–Crippen MR) is 104 cm³/mol. The Bertz CT molecular complexity index is 830. The van der Waals surface area contributed by atoms with Crippen molar-refractivity contribution in [3.05, 3.63) is 77.5 Å². The van der Waals surface area contributed by atoms with Gasteiger partial charge in [0, 0.05) is 30.5 Å². The number of rotatable bonds is 6. The fraction of sp³-hybridized carbons (Fsp3) is 0.238. The Balaban J connectivity index is 1.84. The molecular weight excluding hydrogens is 308 g/mol. The van der Waals surface area contributed by atoms with Gasteiger partial charge in [0.1, 0.15) is 5.82 Å². The first-order valence-electron chi connectivity index (χ1n) is 8.62. The molecule has 128 valence electrons. The van der Waals surface area contributed by atoms with Crippen LogP contribution in [0, 0.1) is 13.8 Å². The van der Waals surface area contributed by atoms with E-state index < -0.39 is 0 Å². The molecule has 2 aromatic carbocycles. The number of hydrogen-bond acceptors (Lipinski definition) is 4. The van der Waals surface area contributed by atoms with Crippen LogP contribution in [0.1, 0.15) is 23.7 Å². The van der Waals surface area contributed by atoms with Crippen LogP contribution in [0.4, 0.5) is 17.5 Å². The van der Waals surface area contributed by atoms with E-state index in [0.29, 0.717) is 5.95 Å². The average molecular weight is 332 g/mol. The number of hydrogen-bond donors (Lipinski definition) is 1. The third-order valence-corrected chi connectivity index (χ3v) is 4.04. The lowest BCUT2D eigenvalue weighted by Gasteiger charge is -2.23. The highest BCUT2D eigenvalue weighted by atomic mass is 15.2. The molecule has 0 amide bonds. The highest BCUT2D eigenvalue weighted by Gasteiger charge is 2.10. The van der Waals surface area contributed by atoms with E-state index in [-0.39, 0.29) is 0 Å². The summed E-state index contributed by atoms with van der Waals surface area (Å²) >= 11 is 0. The van der Waals surface area contributed by atoms with Crippen molar-refractivity contribution in [2.45, 2.75) is 27.3 Å². The maximum atomic E-state index is 4.73. The molecule has 25 heavy (non-hydrogen) atoms. The smallest absolute Gasteiger partial charge is 0.229 e. The van der Waals surface area contributed by atoms with Crippen LogP contribution < -0.4 is 10.2 Å². The van der Waals surface area contributed by atoms with Gasteiger partial charge in [-0.15, -0.1) is 0 Å². The molecule has 1 heterocycles. The molecule has 3 aromatic rings. The van der Waals surface area contributed by atoms with Gasteiger partial charge in [-0.3, -0.25) is 0 Å². The highest BCUT2D eigenvalue weighted by Crippen LogP contribution is 2.20. The lowest BCUT2D eigenvalue weighted by atomic mass is 10.2. The molecule has 0 unspecified atom stereocenters. The van der Waals surface area contributed by atoms with Gasteiger partial charge in [-0.25, -0.2) is 4.98 Å². The van der Waals surface area contributed by atoms with Crippen LogP contribution in [-0.2, 0) is 6.54 Å². The van der Waals surface area contributed by atoms with Crippen LogP contribution in [0.3, 0.4) is 0 Å².